The number of hydrogen-bond acceptors (Lipinski definition) is 4. The van der Waals surface area contributed by atoms with Crippen LogP contribution in [0.25, 0.3) is 6.08 Å². The van der Waals surface area contributed by atoms with Gasteiger partial charge in [0.1, 0.15) is 0 Å². The number of hydrogen-bond donors (Lipinski definition) is 2. The van der Waals surface area contributed by atoms with Crippen molar-refractivity contribution in [3.05, 3.63) is 29.3 Å². The highest BCUT2D eigenvalue weighted by Crippen LogP contribution is 2.25. The maximum absolute atomic E-state index is 11.8. The Morgan fingerprint density at radius 1 is 1.72 bits per heavy atom. The maximum Gasteiger partial charge on any atom is 0.243 e. The number of thiazole rings is 1. The highest BCUT2D eigenvalue weighted by Gasteiger charge is 2.25. The predicted molar refractivity (Wildman–Crippen MR) is 75.8 cm³/mol. The number of amides is 1. The lowest BCUT2D eigenvalue weighted by Crippen LogP contribution is -2.50. The first-order chi connectivity index (χ1) is 8.74. The van der Waals surface area contributed by atoms with E-state index < -0.39 is 0 Å². The third kappa shape index (κ3) is 2.86. The molecule has 1 aromatic heterocycles. The molecule has 0 radical (unpaired) electrons. The molecule has 2 rings (SSSR count). The van der Waals surface area contributed by atoms with Gasteiger partial charge in [-0.15, -0.1) is 11.3 Å². The molecule has 0 aromatic carbocycles. The Bertz CT molecular complexity index is 475. The summed E-state index contributed by atoms with van der Waals surface area (Å²) in [5.74, 6) is 0.0110. The monoisotopic (exact) mass is 263 g/mol. The number of allylic oxidation sites excluding steroid dienone is 2. The molecule has 1 aromatic rings. The molecule has 4 nitrogen and oxygen atoms in total. The van der Waals surface area contributed by atoms with Gasteiger partial charge in [0.2, 0.25) is 5.91 Å². The van der Waals surface area contributed by atoms with Crippen LogP contribution in [0.3, 0.4) is 0 Å². The molecule has 5 heteroatoms. The molecule has 1 fully saturated rings. The van der Waals surface area contributed by atoms with Crippen LogP contribution in [0.2, 0.25) is 0 Å². The second-order valence-corrected chi connectivity index (χ2v) is 5.14. The van der Waals surface area contributed by atoms with Crippen molar-refractivity contribution in [2.75, 3.05) is 11.9 Å². The Balaban J connectivity index is 2.08. The van der Waals surface area contributed by atoms with E-state index in [4.69, 9.17) is 0 Å². The zero-order valence-corrected chi connectivity index (χ0v) is 11.2. The lowest BCUT2D eigenvalue weighted by Gasteiger charge is -2.25. The van der Waals surface area contributed by atoms with Gasteiger partial charge in [-0.25, -0.2) is 4.98 Å². The van der Waals surface area contributed by atoms with E-state index in [1.807, 2.05) is 12.2 Å². The summed E-state index contributed by atoms with van der Waals surface area (Å²) < 4.78 is 0. The zero-order valence-electron chi connectivity index (χ0n) is 10.4. The number of aromatic nitrogens is 1. The molecule has 0 aliphatic carbocycles. The van der Waals surface area contributed by atoms with E-state index >= 15 is 0 Å². The van der Waals surface area contributed by atoms with Gasteiger partial charge in [-0.3, -0.25) is 4.79 Å². The summed E-state index contributed by atoms with van der Waals surface area (Å²) in [6, 6.07) is -0.0499. The molecule has 1 aliphatic heterocycles. The molecule has 2 N–H and O–H groups in total. The van der Waals surface area contributed by atoms with E-state index in [1.165, 1.54) is 16.2 Å². The van der Waals surface area contributed by atoms with Crippen LogP contribution in [-0.4, -0.2) is 23.5 Å². The molecule has 2 heterocycles. The highest BCUT2D eigenvalue weighted by molar-refractivity contribution is 7.16. The minimum atomic E-state index is -0.0499. The molecule has 1 unspecified atom stereocenters. The molecule has 1 amide bonds. The fraction of sp³-hybridized carbons (Fsp3) is 0.385. The molecule has 0 spiro atoms. The Morgan fingerprint density at radius 3 is 3.06 bits per heavy atom. The van der Waals surface area contributed by atoms with E-state index in [-0.39, 0.29) is 11.9 Å². The summed E-state index contributed by atoms with van der Waals surface area (Å²) in [5, 5.41) is 6.61. The fourth-order valence-corrected chi connectivity index (χ4v) is 2.56. The van der Waals surface area contributed by atoms with Crippen LogP contribution in [0.5, 0.6) is 0 Å². The van der Waals surface area contributed by atoms with Gasteiger partial charge in [0.25, 0.3) is 0 Å². The lowest BCUT2D eigenvalue weighted by molar-refractivity contribution is -0.119. The Kier molecular flexibility index (Phi) is 4.28. The van der Waals surface area contributed by atoms with E-state index in [0.29, 0.717) is 5.13 Å². The summed E-state index contributed by atoms with van der Waals surface area (Å²) in [7, 11) is 0. The molecule has 96 valence electrons. The van der Waals surface area contributed by atoms with Gasteiger partial charge in [-0.2, -0.15) is 0 Å². The van der Waals surface area contributed by atoms with Crippen molar-refractivity contribution < 1.29 is 4.79 Å². The van der Waals surface area contributed by atoms with Crippen LogP contribution in [0.1, 0.15) is 23.9 Å². The van der Waals surface area contributed by atoms with Crippen molar-refractivity contribution in [2.45, 2.75) is 25.8 Å². The Hall–Kier alpha value is -1.46. The maximum atomic E-state index is 11.8. The number of anilines is 1. The molecule has 1 atom stereocenters. The predicted octanol–water partition coefficient (Wildman–Crippen LogP) is 2.21. The zero-order chi connectivity index (χ0) is 13.0. The molecule has 1 aliphatic rings. The molecule has 0 saturated carbocycles. The summed E-state index contributed by atoms with van der Waals surface area (Å²) in [4.78, 5) is 17.4. The second kappa shape index (κ2) is 5.93. The summed E-state index contributed by atoms with van der Waals surface area (Å²) >= 11 is 1.53. The van der Waals surface area contributed by atoms with E-state index in [1.54, 1.807) is 6.08 Å². The SMILES string of the molecule is C=C/C=C\c1nc(NC(=O)C2CCN2)sc1CC. The molecule has 18 heavy (non-hydrogen) atoms. The Morgan fingerprint density at radius 2 is 2.50 bits per heavy atom. The van der Waals surface area contributed by atoms with Gasteiger partial charge in [-0.1, -0.05) is 25.7 Å². The average Bonchev–Trinajstić information content (AvgIpc) is 2.66. The Labute approximate surface area is 111 Å². The van der Waals surface area contributed by atoms with Gasteiger partial charge in [0, 0.05) is 4.88 Å². The molecular formula is C13H17N3OS. The normalized spacial score (nSPS) is 18.6. The minimum absolute atomic E-state index is 0.0110. The van der Waals surface area contributed by atoms with Gasteiger partial charge in [0.15, 0.2) is 5.13 Å². The van der Waals surface area contributed by atoms with E-state index in [0.717, 1.165) is 25.1 Å². The van der Waals surface area contributed by atoms with Crippen molar-refractivity contribution >= 4 is 28.5 Å². The highest BCUT2D eigenvalue weighted by atomic mass is 32.1. The lowest BCUT2D eigenvalue weighted by atomic mass is 10.1. The smallest absolute Gasteiger partial charge is 0.243 e. The van der Waals surface area contributed by atoms with Crippen molar-refractivity contribution in [3.8, 4) is 0 Å². The number of nitrogens with zero attached hydrogens (tertiary/aromatic N) is 1. The third-order valence-electron chi connectivity index (χ3n) is 2.81. The minimum Gasteiger partial charge on any atom is -0.306 e. The van der Waals surface area contributed by atoms with Crippen LogP contribution < -0.4 is 10.6 Å². The van der Waals surface area contributed by atoms with Crippen LogP contribution in [0, 0.1) is 0 Å². The van der Waals surface area contributed by atoms with E-state index in [2.05, 4.69) is 29.1 Å². The first-order valence-corrected chi connectivity index (χ1v) is 6.89. The summed E-state index contributed by atoms with van der Waals surface area (Å²) in [5.41, 5.74) is 0.916. The molecule has 1 saturated heterocycles. The van der Waals surface area contributed by atoms with Crippen LogP contribution in [0.4, 0.5) is 5.13 Å². The van der Waals surface area contributed by atoms with Gasteiger partial charge in [0.05, 0.1) is 11.7 Å². The average molecular weight is 263 g/mol. The van der Waals surface area contributed by atoms with E-state index in [9.17, 15) is 4.79 Å². The van der Waals surface area contributed by atoms with Crippen molar-refractivity contribution in [1.29, 1.82) is 0 Å². The van der Waals surface area contributed by atoms with Crippen molar-refractivity contribution in [2.24, 2.45) is 0 Å². The third-order valence-corrected chi connectivity index (χ3v) is 3.94. The summed E-state index contributed by atoms with van der Waals surface area (Å²) in [6.07, 6.45) is 7.30. The topological polar surface area (TPSA) is 54.0 Å². The number of rotatable bonds is 5. The first-order valence-electron chi connectivity index (χ1n) is 6.07. The van der Waals surface area contributed by atoms with Crippen LogP contribution >= 0.6 is 11.3 Å². The summed E-state index contributed by atoms with van der Waals surface area (Å²) in [6.45, 7) is 6.64. The van der Waals surface area contributed by atoms with Gasteiger partial charge >= 0.3 is 0 Å². The van der Waals surface area contributed by atoms with Crippen molar-refractivity contribution in [1.82, 2.24) is 10.3 Å². The van der Waals surface area contributed by atoms with Crippen molar-refractivity contribution in [3.63, 3.8) is 0 Å². The number of carbonyl (C=O) groups excluding carboxylic acids is 1. The number of carbonyl (C=O) groups is 1. The van der Waals surface area contributed by atoms with Crippen LogP contribution in [0.15, 0.2) is 18.7 Å². The number of aryl methyl sites for hydroxylation is 1. The van der Waals surface area contributed by atoms with Crippen LogP contribution in [-0.2, 0) is 11.2 Å². The first kappa shape index (κ1) is 13.0. The quantitative estimate of drug-likeness (QED) is 0.801. The molecular weight excluding hydrogens is 246 g/mol. The second-order valence-electron chi connectivity index (χ2n) is 4.06. The van der Waals surface area contributed by atoms with Gasteiger partial charge in [-0.05, 0) is 25.5 Å². The standard InChI is InChI=1S/C13H17N3OS/c1-3-5-6-9-11(4-2)18-13(15-9)16-12(17)10-7-8-14-10/h3,5-6,10,14H,1,4,7-8H2,2H3,(H,15,16,17)/b6-5-. The van der Waals surface area contributed by atoms with Gasteiger partial charge < -0.3 is 10.6 Å². The molecule has 0 bridgehead atoms. The number of nitrogens with one attached hydrogen (secondary N) is 2. The fourth-order valence-electron chi connectivity index (χ4n) is 1.66. The largest absolute Gasteiger partial charge is 0.306 e.